The molecule has 2 heterocycles. The molecule has 0 radical (unpaired) electrons. The zero-order valence-corrected chi connectivity index (χ0v) is 16.6. The molecule has 1 aliphatic heterocycles. The van der Waals surface area contributed by atoms with E-state index in [9.17, 15) is 22.0 Å². The van der Waals surface area contributed by atoms with Gasteiger partial charge in [-0.15, -0.1) is 0 Å². The molecule has 144 valence electrons. The number of ketones is 1. The van der Waals surface area contributed by atoms with Crippen molar-refractivity contribution in [2.75, 3.05) is 6.54 Å². The molecule has 1 aliphatic rings. The van der Waals surface area contributed by atoms with E-state index in [1.807, 2.05) is 0 Å². The van der Waals surface area contributed by atoms with Crippen LogP contribution in [0.5, 0.6) is 0 Å². The van der Waals surface area contributed by atoms with Gasteiger partial charge in [0.15, 0.2) is 5.78 Å². The Bertz CT molecular complexity index is 938. The van der Waals surface area contributed by atoms with Crippen molar-refractivity contribution in [3.63, 3.8) is 0 Å². The molecule has 1 saturated heterocycles. The lowest BCUT2D eigenvalue weighted by atomic mass is 10.0. The Morgan fingerprint density at radius 3 is 2.63 bits per heavy atom. The lowest BCUT2D eigenvalue weighted by Crippen LogP contribution is -2.40. The first kappa shape index (κ1) is 20.0. The Kier molecular flexibility index (Phi) is 6.02. The van der Waals surface area contributed by atoms with Gasteiger partial charge in [0.2, 0.25) is 10.0 Å². The van der Waals surface area contributed by atoms with E-state index < -0.39 is 28.1 Å². The number of carbonyl (C=O) groups is 1. The Morgan fingerprint density at radius 2 is 1.96 bits per heavy atom. The highest BCUT2D eigenvalue weighted by molar-refractivity contribution is 9.10. The first-order valence-corrected chi connectivity index (χ1v) is 10.6. The lowest BCUT2D eigenvalue weighted by molar-refractivity contribution is -0.122. The Morgan fingerprint density at radius 1 is 1.26 bits per heavy atom. The highest BCUT2D eigenvalue weighted by Crippen LogP contribution is 2.29. The van der Waals surface area contributed by atoms with Gasteiger partial charge in [-0.25, -0.2) is 22.2 Å². The summed E-state index contributed by atoms with van der Waals surface area (Å²) in [7, 11) is -4.08. The normalized spacial score (nSPS) is 20.7. The van der Waals surface area contributed by atoms with Crippen molar-refractivity contribution in [2.24, 2.45) is 0 Å². The molecular formula is C18H17BrF2N2O3S. The van der Waals surface area contributed by atoms with Crippen LogP contribution in [0.4, 0.5) is 8.78 Å². The average Bonchev–Trinajstić information content (AvgIpc) is 3.03. The highest BCUT2D eigenvalue weighted by Gasteiger charge is 2.43. The van der Waals surface area contributed by atoms with E-state index in [0.717, 1.165) is 34.1 Å². The number of hydrogen-bond acceptors (Lipinski definition) is 4. The number of rotatable bonds is 6. The fourth-order valence-corrected chi connectivity index (χ4v) is 5.15. The van der Waals surface area contributed by atoms with Gasteiger partial charge in [0.25, 0.3) is 0 Å². The third-order valence-corrected chi connectivity index (χ3v) is 6.77. The number of hydrogen-bond donors (Lipinski definition) is 0. The molecule has 0 N–H and O–H groups in total. The molecule has 0 bridgehead atoms. The second-order valence-corrected chi connectivity index (χ2v) is 9.03. The van der Waals surface area contributed by atoms with Gasteiger partial charge in [-0.3, -0.25) is 4.79 Å². The van der Waals surface area contributed by atoms with E-state index in [2.05, 4.69) is 20.9 Å². The van der Waals surface area contributed by atoms with Gasteiger partial charge in [-0.1, -0.05) is 0 Å². The SMILES string of the molecule is O=C(CCc1ccnc(Br)c1)[C@@H]1C[C@@H](F)CN1S(=O)(=O)c1ccc(F)cc1. The topological polar surface area (TPSA) is 67.3 Å². The maximum Gasteiger partial charge on any atom is 0.243 e. The summed E-state index contributed by atoms with van der Waals surface area (Å²) in [6.07, 6.45) is 0.507. The minimum absolute atomic E-state index is 0.0866. The summed E-state index contributed by atoms with van der Waals surface area (Å²) in [5, 5.41) is 0. The molecule has 0 aliphatic carbocycles. The van der Waals surface area contributed by atoms with E-state index in [-0.39, 0.29) is 30.1 Å². The molecule has 1 aromatic carbocycles. The summed E-state index contributed by atoms with van der Waals surface area (Å²) in [5.41, 5.74) is 0.868. The van der Waals surface area contributed by atoms with E-state index in [1.165, 1.54) is 0 Å². The summed E-state index contributed by atoms with van der Waals surface area (Å²) in [5.74, 6) is -0.913. The predicted octanol–water partition coefficient (Wildman–Crippen LogP) is 3.29. The number of Topliss-reactive ketones (excluding diaryl/α,β-unsaturated/α-hetero) is 1. The van der Waals surface area contributed by atoms with Gasteiger partial charge in [-0.05, 0) is 64.3 Å². The zero-order valence-electron chi connectivity index (χ0n) is 14.2. The number of nitrogens with zero attached hydrogens (tertiary/aromatic N) is 2. The standard InChI is InChI=1S/C18H17BrF2N2O3S/c19-18-9-12(7-8-22-18)1-6-17(24)16-10-14(21)11-23(16)27(25,26)15-4-2-13(20)3-5-15/h2-5,7-9,14,16H,1,6,10-11H2/t14-,16+/m1/s1. The largest absolute Gasteiger partial charge is 0.298 e. The molecule has 0 spiro atoms. The molecule has 5 nitrogen and oxygen atoms in total. The fraction of sp³-hybridized carbons (Fsp3) is 0.333. The molecule has 1 fully saturated rings. The van der Waals surface area contributed by atoms with E-state index >= 15 is 0 Å². The lowest BCUT2D eigenvalue weighted by Gasteiger charge is -2.22. The third-order valence-electron chi connectivity index (χ3n) is 4.45. The minimum Gasteiger partial charge on any atom is -0.298 e. The van der Waals surface area contributed by atoms with E-state index in [4.69, 9.17) is 0 Å². The van der Waals surface area contributed by atoms with Crippen molar-refractivity contribution in [2.45, 2.75) is 36.4 Å². The molecule has 0 amide bonds. The van der Waals surface area contributed by atoms with Crippen LogP contribution in [0.3, 0.4) is 0 Å². The Labute approximate surface area is 164 Å². The molecule has 1 aromatic heterocycles. The molecule has 2 aromatic rings. The van der Waals surface area contributed by atoms with Crippen LogP contribution in [0.1, 0.15) is 18.4 Å². The summed E-state index contributed by atoms with van der Waals surface area (Å²) in [4.78, 5) is 16.5. The maximum absolute atomic E-state index is 14.0. The zero-order chi connectivity index (χ0) is 19.6. The maximum atomic E-state index is 14.0. The third kappa shape index (κ3) is 4.59. The van der Waals surface area contributed by atoms with Crippen molar-refractivity contribution in [1.29, 1.82) is 0 Å². The van der Waals surface area contributed by atoms with Crippen LogP contribution in [-0.2, 0) is 21.2 Å². The Hall–Kier alpha value is -1.71. The van der Waals surface area contributed by atoms with E-state index in [1.54, 1.807) is 18.3 Å². The molecule has 27 heavy (non-hydrogen) atoms. The van der Waals surface area contributed by atoms with Gasteiger partial charge >= 0.3 is 0 Å². The molecular weight excluding hydrogens is 442 g/mol. The first-order valence-electron chi connectivity index (χ1n) is 8.32. The smallest absolute Gasteiger partial charge is 0.243 e. The molecule has 0 unspecified atom stereocenters. The van der Waals surface area contributed by atoms with Crippen LogP contribution >= 0.6 is 15.9 Å². The fourth-order valence-electron chi connectivity index (χ4n) is 3.09. The second-order valence-electron chi connectivity index (χ2n) is 6.33. The highest BCUT2D eigenvalue weighted by atomic mass is 79.9. The van der Waals surface area contributed by atoms with Crippen molar-refractivity contribution in [1.82, 2.24) is 9.29 Å². The quantitative estimate of drug-likeness (QED) is 0.622. The van der Waals surface area contributed by atoms with E-state index in [0.29, 0.717) is 11.0 Å². The number of aryl methyl sites for hydroxylation is 1. The summed E-state index contributed by atoms with van der Waals surface area (Å²) >= 11 is 3.25. The number of alkyl halides is 1. The summed E-state index contributed by atoms with van der Waals surface area (Å²) in [6.45, 7) is -0.378. The second kappa shape index (κ2) is 8.12. The van der Waals surface area contributed by atoms with Crippen molar-refractivity contribution < 1.29 is 22.0 Å². The number of aromatic nitrogens is 1. The summed E-state index contributed by atoms with van der Waals surface area (Å²) in [6, 6.07) is 6.76. The van der Waals surface area contributed by atoms with Crippen LogP contribution in [0, 0.1) is 5.82 Å². The van der Waals surface area contributed by atoms with Crippen LogP contribution in [0.15, 0.2) is 52.1 Å². The van der Waals surface area contributed by atoms with Crippen molar-refractivity contribution in [3.05, 3.63) is 58.6 Å². The average molecular weight is 459 g/mol. The van der Waals surface area contributed by atoms with Gasteiger partial charge in [0.1, 0.15) is 16.6 Å². The van der Waals surface area contributed by atoms with Crippen molar-refractivity contribution in [3.8, 4) is 0 Å². The summed E-state index contributed by atoms with van der Waals surface area (Å²) < 4.78 is 54.2. The van der Waals surface area contributed by atoms with Crippen molar-refractivity contribution >= 4 is 31.7 Å². The monoisotopic (exact) mass is 458 g/mol. The number of benzene rings is 1. The number of halogens is 3. The van der Waals surface area contributed by atoms with Crippen LogP contribution in [0.25, 0.3) is 0 Å². The van der Waals surface area contributed by atoms with Crippen LogP contribution in [0.2, 0.25) is 0 Å². The first-order chi connectivity index (χ1) is 12.8. The number of sulfonamides is 1. The van der Waals surface area contributed by atoms with Gasteiger partial charge in [0, 0.05) is 25.6 Å². The molecule has 3 rings (SSSR count). The number of pyridine rings is 1. The molecule has 2 atom stereocenters. The van der Waals surface area contributed by atoms with Gasteiger partial charge in [0.05, 0.1) is 10.9 Å². The van der Waals surface area contributed by atoms with Crippen LogP contribution < -0.4 is 0 Å². The van der Waals surface area contributed by atoms with Gasteiger partial charge in [-0.2, -0.15) is 4.31 Å². The van der Waals surface area contributed by atoms with Crippen LogP contribution in [-0.4, -0.2) is 42.2 Å². The predicted molar refractivity (Wildman–Crippen MR) is 98.9 cm³/mol. The minimum atomic E-state index is -4.08. The Balaban J connectivity index is 1.77. The molecule has 0 saturated carbocycles. The molecule has 9 heteroatoms. The van der Waals surface area contributed by atoms with Gasteiger partial charge < -0.3 is 0 Å². The number of carbonyl (C=O) groups excluding carboxylic acids is 1.